The fraction of sp³-hybridized carbons (Fsp3) is 0.462. The average molecular weight is 317 g/mol. The standard InChI is InChI=1S/C13H14F3N3O3/c1-7(2)9-4-10(22-18-9)12(20)21-11(13(14,15)16)8-5-17-19(3)6-8/h4-7,11H,1-3H3/t11-/m1/s1. The van der Waals surface area contributed by atoms with Gasteiger partial charge in [-0.2, -0.15) is 18.3 Å². The van der Waals surface area contributed by atoms with Gasteiger partial charge in [0.1, 0.15) is 0 Å². The zero-order chi connectivity index (χ0) is 16.5. The largest absolute Gasteiger partial charge is 0.442 e. The van der Waals surface area contributed by atoms with Crippen molar-refractivity contribution < 1.29 is 27.2 Å². The maximum Gasteiger partial charge on any atom is 0.429 e. The van der Waals surface area contributed by atoms with Crippen LogP contribution in [0.15, 0.2) is 23.0 Å². The third kappa shape index (κ3) is 3.46. The SMILES string of the molecule is CC(C)c1cc(C(=O)O[C@H](c2cnn(C)c2)C(F)(F)F)on1. The van der Waals surface area contributed by atoms with Gasteiger partial charge in [0, 0.05) is 24.9 Å². The predicted molar refractivity (Wildman–Crippen MR) is 68.0 cm³/mol. The van der Waals surface area contributed by atoms with Crippen LogP contribution in [0.3, 0.4) is 0 Å². The van der Waals surface area contributed by atoms with E-state index in [1.165, 1.54) is 17.8 Å². The summed E-state index contributed by atoms with van der Waals surface area (Å²) in [5, 5.41) is 7.26. The molecule has 120 valence electrons. The number of carbonyl (C=O) groups is 1. The molecule has 0 aliphatic rings. The summed E-state index contributed by atoms with van der Waals surface area (Å²) in [6, 6.07) is 1.27. The smallest absolute Gasteiger partial charge is 0.429 e. The van der Waals surface area contributed by atoms with E-state index in [4.69, 9.17) is 4.52 Å². The molecule has 2 heterocycles. The number of nitrogens with zero attached hydrogens (tertiary/aromatic N) is 3. The Labute approximate surface area is 123 Å². The van der Waals surface area contributed by atoms with Crippen molar-refractivity contribution in [2.75, 3.05) is 0 Å². The molecule has 0 aliphatic carbocycles. The van der Waals surface area contributed by atoms with Crippen LogP contribution >= 0.6 is 0 Å². The first kappa shape index (κ1) is 16.1. The van der Waals surface area contributed by atoms with Crippen LogP contribution in [0.1, 0.15) is 47.7 Å². The summed E-state index contributed by atoms with van der Waals surface area (Å²) in [5.74, 6) is -1.63. The topological polar surface area (TPSA) is 70.2 Å². The molecule has 2 rings (SSSR count). The van der Waals surface area contributed by atoms with Crippen molar-refractivity contribution in [3.8, 4) is 0 Å². The second kappa shape index (κ2) is 5.82. The number of rotatable bonds is 4. The number of carbonyl (C=O) groups excluding carboxylic acids is 1. The lowest BCUT2D eigenvalue weighted by molar-refractivity contribution is -0.207. The Kier molecular flexibility index (Phi) is 4.25. The Morgan fingerprint density at radius 3 is 2.55 bits per heavy atom. The van der Waals surface area contributed by atoms with E-state index in [9.17, 15) is 18.0 Å². The molecule has 0 bridgehead atoms. The molecule has 0 radical (unpaired) electrons. The van der Waals surface area contributed by atoms with Gasteiger partial charge in [-0.15, -0.1) is 0 Å². The molecule has 2 aromatic rings. The molecule has 0 saturated heterocycles. The fourth-order valence-corrected chi connectivity index (χ4v) is 1.72. The third-order valence-corrected chi connectivity index (χ3v) is 2.87. The summed E-state index contributed by atoms with van der Waals surface area (Å²) in [6.07, 6.45) is -5.06. The zero-order valence-corrected chi connectivity index (χ0v) is 12.1. The van der Waals surface area contributed by atoms with Crippen LogP contribution in [-0.2, 0) is 11.8 Å². The molecule has 0 aliphatic heterocycles. The first-order valence-corrected chi connectivity index (χ1v) is 6.41. The lowest BCUT2D eigenvalue weighted by atomic mass is 10.1. The predicted octanol–water partition coefficient (Wildman–Crippen LogP) is 2.99. The lowest BCUT2D eigenvalue weighted by Crippen LogP contribution is -2.26. The molecule has 0 spiro atoms. The van der Waals surface area contributed by atoms with Crippen LogP contribution in [0.25, 0.3) is 0 Å². The highest BCUT2D eigenvalue weighted by Gasteiger charge is 2.45. The first-order chi connectivity index (χ1) is 10.2. The normalized spacial score (nSPS) is 13.4. The van der Waals surface area contributed by atoms with Gasteiger partial charge in [-0.05, 0) is 5.92 Å². The van der Waals surface area contributed by atoms with Crippen molar-refractivity contribution in [1.29, 1.82) is 0 Å². The number of alkyl halides is 3. The van der Waals surface area contributed by atoms with E-state index in [2.05, 4.69) is 15.0 Å². The molecule has 9 heteroatoms. The maximum atomic E-state index is 13.1. The van der Waals surface area contributed by atoms with Gasteiger partial charge in [0.25, 0.3) is 0 Å². The summed E-state index contributed by atoms with van der Waals surface area (Å²) < 4.78 is 49.7. The van der Waals surface area contributed by atoms with Crippen LogP contribution in [0.5, 0.6) is 0 Å². The van der Waals surface area contributed by atoms with Crippen molar-refractivity contribution >= 4 is 5.97 Å². The minimum Gasteiger partial charge on any atom is -0.442 e. The minimum absolute atomic E-state index is 0.0259. The molecular formula is C13H14F3N3O3. The van der Waals surface area contributed by atoms with E-state index in [-0.39, 0.29) is 17.2 Å². The summed E-state index contributed by atoms with van der Waals surface area (Å²) in [7, 11) is 1.46. The molecule has 2 aromatic heterocycles. The molecule has 0 fully saturated rings. The van der Waals surface area contributed by atoms with E-state index in [0.717, 1.165) is 12.4 Å². The summed E-state index contributed by atoms with van der Waals surface area (Å²) in [4.78, 5) is 11.8. The fourth-order valence-electron chi connectivity index (χ4n) is 1.72. The zero-order valence-electron chi connectivity index (χ0n) is 12.1. The summed E-state index contributed by atoms with van der Waals surface area (Å²) in [6.45, 7) is 3.61. The molecular weight excluding hydrogens is 303 g/mol. The van der Waals surface area contributed by atoms with Crippen molar-refractivity contribution in [2.45, 2.75) is 32.0 Å². The van der Waals surface area contributed by atoms with Gasteiger partial charge in [-0.25, -0.2) is 4.79 Å². The van der Waals surface area contributed by atoms with Gasteiger partial charge >= 0.3 is 12.1 Å². The molecule has 22 heavy (non-hydrogen) atoms. The van der Waals surface area contributed by atoms with Crippen molar-refractivity contribution in [2.24, 2.45) is 7.05 Å². The summed E-state index contributed by atoms with van der Waals surface area (Å²) >= 11 is 0. The number of aryl methyl sites for hydroxylation is 1. The number of hydrogen-bond donors (Lipinski definition) is 0. The highest BCUT2D eigenvalue weighted by molar-refractivity contribution is 5.86. The molecule has 1 atom stereocenters. The Hall–Kier alpha value is -2.32. The molecule has 0 unspecified atom stereocenters. The highest BCUT2D eigenvalue weighted by Crippen LogP contribution is 2.36. The Morgan fingerprint density at radius 2 is 2.09 bits per heavy atom. The van der Waals surface area contributed by atoms with Gasteiger partial charge < -0.3 is 9.26 Å². The summed E-state index contributed by atoms with van der Waals surface area (Å²) in [5.41, 5.74) is 0.184. The van der Waals surface area contributed by atoms with Crippen molar-refractivity contribution in [3.63, 3.8) is 0 Å². The van der Waals surface area contributed by atoms with Gasteiger partial charge in [-0.3, -0.25) is 4.68 Å². The van der Waals surface area contributed by atoms with E-state index in [0.29, 0.717) is 5.69 Å². The second-order valence-corrected chi connectivity index (χ2v) is 5.05. The highest BCUT2D eigenvalue weighted by atomic mass is 19.4. The molecule has 0 aromatic carbocycles. The van der Waals surface area contributed by atoms with E-state index in [1.54, 1.807) is 13.8 Å². The molecule has 0 amide bonds. The number of halogens is 3. The molecule has 0 saturated carbocycles. The van der Waals surface area contributed by atoms with Gasteiger partial charge in [-0.1, -0.05) is 19.0 Å². The number of esters is 1. The van der Waals surface area contributed by atoms with Crippen LogP contribution in [0, 0.1) is 0 Å². The first-order valence-electron chi connectivity index (χ1n) is 6.41. The minimum atomic E-state index is -4.76. The quantitative estimate of drug-likeness (QED) is 0.811. The third-order valence-electron chi connectivity index (χ3n) is 2.87. The second-order valence-electron chi connectivity index (χ2n) is 5.05. The van der Waals surface area contributed by atoms with E-state index in [1.807, 2.05) is 0 Å². The van der Waals surface area contributed by atoms with Crippen LogP contribution < -0.4 is 0 Å². The van der Waals surface area contributed by atoms with Crippen LogP contribution in [-0.4, -0.2) is 27.1 Å². The molecule has 6 nitrogen and oxygen atoms in total. The Balaban J connectivity index is 2.21. The van der Waals surface area contributed by atoms with Crippen molar-refractivity contribution in [3.05, 3.63) is 35.5 Å². The van der Waals surface area contributed by atoms with Crippen molar-refractivity contribution in [1.82, 2.24) is 14.9 Å². The van der Waals surface area contributed by atoms with Crippen LogP contribution in [0.4, 0.5) is 13.2 Å². The van der Waals surface area contributed by atoms with Gasteiger partial charge in [0.2, 0.25) is 11.9 Å². The Morgan fingerprint density at radius 1 is 1.41 bits per heavy atom. The monoisotopic (exact) mass is 317 g/mol. The van der Waals surface area contributed by atoms with Gasteiger partial charge in [0.05, 0.1) is 11.9 Å². The maximum absolute atomic E-state index is 13.1. The number of hydrogen-bond acceptors (Lipinski definition) is 5. The van der Waals surface area contributed by atoms with Crippen LogP contribution in [0.2, 0.25) is 0 Å². The van der Waals surface area contributed by atoms with E-state index < -0.39 is 18.2 Å². The lowest BCUT2D eigenvalue weighted by Gasteiger charge is -2.18. The van der Waals surface area contributed by atoms with Gasteiger partial charge in [0.15, 0.2) is 0 Å². The Bertz CT molecular complexity index is 661. The van der Waals surface area contributed by atoms with E-state index >= 15 is 0 Å². The number of aromatic nitrogens is 3. The molecule has 0 N–H and O–H groups in total. The number of ether oxygens (including phenoxy) is 1. The average Bonchev–Trinajstić information content (AvgIpc) is 3.02.